The van der Waals surface area contributed by atoms with Crippen molar-refractivity contribution < 1.29 is 9.32 Å². The molecule has 0 spiro atoms. The number of carbonyl (C=O) groups is 1. The summed E-state index contributed by atoms with van der Waals surface area (Å²) in [4.78, 5) is 19.0. The molecule has 1 aliphatic heterocycles. The minimum absolute atomic E-state index is 0.0598. The van der Waals surface area contributed by atoms with Crippen molar-refractivity contribution in [3.05, 3.63) is 36.2 Å². The lowest BCUT2D eigenvalue weighted by atomic mass is 9.95. The number of likely N-dealkylation sites (tertiary alicyclic amines) is 1. The van der Waals surface area contributed by atoms with Crippen LogP contribution in [0.1, 0.15) is 45.0 Å². The topological polar surface area (TPSA) is 71.3 Å². The number of rotatable bonds is 6. The maximum Gasteiger partial charge on any atom is 0.244 e. The molecule has 6 heteroatoms. The lowest BCUT2D eigenvalue weighted by Crippen LogP contribution is -2.41. The zero-order valence-corrected chi connectivity index (χ0v) is 14.9. The number of piperidine rings is 1. The van der Waals surface area contributed by atoms with Crippen LogP contribution in [0.2, 0.25) is 0 Å². The SMILES string of the molecule is CCCNC(=O)C1CCN(C(C)c2nc(-c3ccccc3)no2)CC1. The summed E-state index contributed by atoms with van der Waals surface area (Å²) in [7, 11) is 0. The Balaban J connectivity index is 1.57. The van der Waals surface area contributed by atoms with Crippen molar-refractivity contribution in [2.45, 2.75) is 39.2 Å². The fourth-order valence-electron chi connectivity index (χ4n) is 3.21. The van der Waals surface area contributed by atoms with Crippen LogP contribution in [0.25, 0.3) is 11.4 Å². The molecule has 0 saturated carbocycles. The highest BCUT2D eigenvalue weighted by Crippen LogP contribution is 2.27. The Kier molecular flexibility index (Phi) is 5.81. The van der Waals surface area contributed by atoms with Gasteiger partial charge in [-0.3, -0.25) is 9.69 Å². The van der Waals surface area contributed by atoms with Crippen LogP contribution in [-0.2, 0) is 4.79 Å². The standard InChI is InChI=1S/C19H26N4O2/c1-3-11-20-18(24)16-9-12-23(13-10-16)14(2)19-21-17(22-25-19)15-7-5-4-6-8-15/h4-8,14,16H,3,9-13H2,1-2H3,(H,20,24). The first-order valence-electron chi connectivity index (χ1n) is 9.09. The molecule has 1 fully saturated rings. The first kappa shape index (κ1) is 17.6. The van der Waals surface area contributed by atoms with E-state index in [4.69, 9.17) is 4.52 Å². The van der Waals surface area contributed by atoms with Gasteiger partial charge in [0, 0.05) is 18.0 Å². The fourth-order valence-corrected chi connectivity index (χ4v) is 3.21. The second kappa shape index (κ2) is 8.25. The zero-order valence-electron chi connectivity index (χ0n) is 14.9. The van der Waals surface area contributed by atoms with Gasteiger partial charge in [-0.25, -0.2) is 0 Å². The van der Waals surface area contributed by atoms with Crippen LogP contribution in [-0.4, -0.2) is 40.6 Å². The summed E-state index contributed by atoms with van der Waals surface area (Å²) in [5, 5.41) is 7.10. The van der Waals surface area contributed by atoms with Gasteiger partial charge in [-0.15, -0.1) is 0 Å². The largest absolute Gasteiger partial charge is 0.356 e. The van der Waals surface area contributed by atoms with Crippen LogP contribution in [0.5, 0.6) is 0 Å². The van der Waals surface area contributed by atoms with Gasteiger partial charge in [-0.2, -0.15) is 4.98 Å². The molecular weight excluding hydrogens is 316 g/mol. The van der Waals surface area contributed by atoms with Crippen molar-refractivity contribution in [2.75, 3.05) is 19.6 Å². The molecule has 0 bridgehead atoms. The quantitative estimate of drug-likeness (QED) is 0.874. The summed E-state index contributed by atoms with van der Waals surface area (Å²) in [6.45, 7) is 6.65. The maximum atomic E-state index is 12.1. The van der Waals surface area contributed by atoms with E-state index in [-0.39, 0.29) is 17.9 Å². The van der Waals surface area contributed by atoms with E-state index in [0.717, 1.165) is 44.5 Å². The third kappa shape index (κ3) is 4.25. The molecule has 1 aromatic heterocycles. The minimum atomic E-state index is 0.0598. The Morgan fingerprint density at radius 1 is 1.32 bits per heavy atom. The number of nitrogens with one attached hydrogen (secondary N) is 1. The molecule has 6 nitrogen and oxygen atoms in total. The van der Waals surface area contributed by atoms with E-state index in [1.807, 2.05) is 30.3 Å². The van der Waals surface area contributed by atoms with Crippen molar-refractivity contribution in [2.24, 2.45) is 5.92 Å². The molecule has 1 aliphatic rings. The maximum absolute atomic E-state index is 12.1. The molecule has 1 atom stereocenters. The van der Waals surface area contributed by atoms with E-state index in [1.54, 1.807) is 0 Å². The highest BCUT2D eigenvalue weighted by Gasteiger charge is 2.29. The lowest BCUT2D eigenvalue weighted by molar-refractivity contribution is -0.126. The van der Waals surface area contributed by atoms with Crippen LogP contribution in [0.4, 0.5) is 0 Å². The van der Waals surface area contributed by atoms with E-state index >= 15 is 0 Å². The van der Waals surface area contributed by atoms with E-state index in [2.05, 4.69) is 34.2 Å². The Bertz CT molecular complexity index is 678. The third-order valence-electron chi connectivity index (χ3n) is 4.83. The van der Waals surface area contributed by atoms with Gasteiger partial charge in [0.15, 0.2) is 0 Å². The molecule has 1 amide bonds. The summed E-state index contributed by atoms with van der Waals surface area (Å²) in [6.07, 6.45) is 2.72. The second-order valence-electron chi connectivity index (χ2n) is 6.60. The Hall–Kier alpha value is -2.21. The van der Waals surface area contributed by atoms with Crippen molar-refractivity contribution >= 4 is 5.91 Å². The lowest BCUT2D eigenvalue weighted by Gasteiger charge is -2.33. The number of aromatic nitrogens is 2. The van der Waals surface area contributed by atoms with Crippen LogP contribution in [0, 0.1) is 5.92 Å². The summed E-state index contributed by atoms with van der Waals surface area (Å²) < 4.78 is 5.48. The molecule has 1 aromatic carbocycles. The molecule has 0 aliphatic carbocycles. The normalized spacial score (nSPS) is 17.4. The van der Waals surface area contributed by atoms with E-state index in [0.29, 0.717) is 11.7 Å². The van der Waals surface area contributed by atoms with E-state index in [1.165, 1.54) is 0 Å². The number of amides is 1. The summed E-state index contributed by atoms with van der Waals surface area (Å²) in [5.41, 5.74) is 0.955. The van der Waals surface area contributed by atoms with E-state index in [9.17, 15) is 4.79 Å². The van der Waals surface area contributed by atoms with Crippen molar-refractivity contribution in [3.8, 4) is 11.4 Å². The Morgan fingerprint density at radius 3 is 2.72 bits per heavy atom. The third-order valence-corrected chi connectivity index (χ3v) is 4.83. The number of hydrogen-bond donors (Lipinski definition) is 1. The van der Waals surface area contributed by atoms with Crippen molar-refractivity contribution in [1.82, 2.24) is 20.4 Å². The van der Waals surface area contributed by atoms with Gasteiger partial charge >= 0.3 is 0 Å². The summed E-state index contributed by atoms with van der Waals surface area (Å²) in [6, 6.07) is 9.89. The van der Waals surface area contributed by atoms with Crippen LogP contribution >= 0.6 is 0 Å². The van der Waals surface area contributed by atoms with Crippen molar-refractivity contribution in [3.63, 3.8) is 0 Å². The highest BCUT2D eigenvalue weighted by atomic mass is 16.5. The fraction of sp³-hybridized carbons (Fsp3) is 0.526. The number of carbonyl (C=O) groups excluding carboxylic acids is 1. The van der Waals surface area contributed by atoms with E-state index < -0.39 is 0 Å². The predicted molar refractivity (Wildman–Crippen MR) is 95.7 cm³/mol. The number of hydrogen-bond acceptors (Lipinski definition) is 5. The first-order chi connectivity index (χ1) is 12.2. The van der Waals surface area contributed by atoms with Gasteiger partial charge in [0.25, 0.3) is 0 Å². The van der Waals surface area contributed by atoms with Gasteiger partial charge < -0.3 is 9.84 Å². The van der Waals surface area contributed by atoms with Gasteiger partial charge in [-0.1, -0.05) is 42.4 Å². The van der Waals surface area contributed by atoms with Gasteiger partial charge in [0.1, 0.15) is 0 Å². The van der Waals surface area contributed by atoms with Gasteiger partial charge in [0.2, 0.25) is 17.6 Å². The van der Waals surface area contributed by atoms with Gasteiger partial charge in [-0.05, 0) is 39.3 Å². The molecule has 25 heavy (non-hydrogen) atoms. The second-order valence-corrected chi connectivity index (χ2v) is 6.60. The predicted octanol–water partition coefficient (Wildman–Crippen LogP) is 3.04. The molecule has 1 N–H and O–H groups in total. The molecule has 3 rings (SSSR count). The molecule has 1 unspecified atom stereocenters. The smallest absolute Gasteiger partial charge is 0.244 e. The average molecular weight is 342 g/mol. The number of nitrogens with zero attached hydrogens (tertiary/aromatic N) is 3. The molecule has 2 aromatic rings. The zero-order chi connectivity index (χ0) is 17.6. The van der Waals surface area contributed by atoms with Crippen molar-refractivity contribution in [1.29, 1.82) is 0 Å². The molecule has 134 valence electrons. The Labute approximate surface area is 148 Å². The van der Waals surface area contributed by atoms with Crippen LogP contribution in [0.3, 0.4) is 0 Å². The number of benzene rings is 1. The summed E-state index contributed by atoms with van der Waals surface area (Å²) >= 11 is 0. The summed E-state index contributed by atoms with van der Waals surface area (Å²) in [5.74, 6) is 1.57. The average Bonchev–Trinajstić information content (AvgIpc) is 3.16. The minimum Gasteiger partial charge on any atom is -0.356 e. The molecule has 1 saturated heterocycles. The van der Waals surface area contributed by atoms with Crippen LogP contribution in [0.15, 0.2) is 34.9 Å². The molecular formula is C19H26N4O2. The molecule has 0 radical (unpaired) electrons. The highest BCUT2D eigenvalue weighted by molar-refractivity contribution is 5.78. The monoisotopic (exact) mass is 342 g/mol. The first-order valence-corrected chi connectivity index (χ1v) is 9.09. The Morgan fingerprint density at radius 2 is 2.04 bits per heavy atom. The molecule has 2 heterocycles. The van der Waals surface area contributed by atoms with Crippen LogP contribution < -0.4 is 5.32 Å². The van der Waals surface area contributed by atoms with Gasteiger partial charge in [0.05, 0.1) is 6.04 Å².